The van der Waals surface area contributed by atoms with Crippen LogP contribution in [0.4, 0.5) is 13.2 Å². The summed E-state index contributed by atoms with van der Waals surface area (Å²) in [6.07, 6.45) is 4.78. The molecule has 1 heterocycles. The van der Waals surface area contributed by atoms with Crippen LogP contribution in [0.5, 0.6) is 0 Å². The second kappa shape index (κ2) is 4.29. The number of carbonyl (C=O) groups is 2. The van der Waals surface area contributed by atoms with Crippen LogP contribution >= 0.6 is 0 Å². The van der Waals surface area contributed by atoms with E-state index in [0.717, 1.165) is 0 Å². The van der Waals surface area contributed by atoms with E-state index < -0.39 is 39.3 Å². The zero-order chi connectivity index (χ0) is 15.6. The zero-order valence-corrected chi connectivity index (χ0v) is 11.2. The number of fused-ring (bicyclic) bond motifs is 1. The number of carbonyl (C=O) groups excluding carboxylic acids is 2. The lowest BCUT2D eigenvalue weighted by Crippen LogP contribution is -2.38. The van der Waals surface area contributed by atoms with E-state index in [-0.39, 0.29) is 16.9 Å². The molecular formula is C11H10F3NO5S. The first-order chi connectivity index (χ1) is 9.63. The molecule has 1 saturated carbocycles. The Bertz CT molecular complexity index is 609. The van der Waals surface area contributed by atoms with Crippen LogP contribution < -0.4 is 0 Å². The molecule has 2 bridgehead atoms. The molecular weight excluding hydrogens is 315 g/mol. The van der Waals surface area contributed by atoms with E-state index >= 15 is 0 Å². The van der Waals surface area contributed by atoms with Crippen LogP contribution in [0.2, 0.25) is 0 Å². The van der Waals surface area contributed by atoms with Crippen molar-refractivity contribution >= 4 is 21.9 Å². The van der Waals surface area contributed by atoms with Gasteiger partial charge in [0.25, 0.3) is 11.8 Å². The average Bonchev–Trinajstić information content (AvgIpc) is 2.66. The van der Waals surface area contributed by atoms with Crippen molar-refractivity contribution in [2.24, 2.45) is 23.7 Å². The molecule has 0 aromatic heterocycles. The highest BCUT2D eigenvalue weighted by molar-refractivity contribution is 7.87. The number of hydroxylamine groups is 2. The van der Waals surface area contributed by atoms with Gasteiger partial charge in [-0.2, -0.15) is 21.6 Å². The monoisotopic (exact) mass is 325 g/mol. The summed E-state index contributed by atoms with van der Waals surface area (Å²) in [5.74, 6) is -4.22. The smallest absolute Gasteiger partial charge is 0.272 e. The Balaban J connectivity index is 1.90. The second-order valence-corrected chi connectivity index (χ2v) is 6.81. The van der Waals surface area contributed by atoms with Crippen molar-refractivity contribution in [3.05, 3.63) is 12.2 Å². The lowest BCUT2D eigenvalue weighted by molar-refractivity contribution is -0.169. The van der Waals surface area contributed by atoms with Crippen molar-refractivity contribution in [2.75, 3.05) is 0 Å². The number of hydrogen-bond donors (Lipinski definition) is 0. The Morgan fingerprint density at radius 3 is 1.81 bits per heavy atom. The summed E-state index contributed by atoms with van der Waals surface area (Å²) in [7, 11) is -6.04. The van der Waals surface area contributed by atoms with Crippen molar-refractivity contribution in [3.63, 3.8) is 0 Å². The maximum atomic E-state index is 12.3. The van der Waals surface area contributed by atoms with E-state index in [9.17, 15) is 31.2 Å². The fourth-order valence-electron chi connectivity index (χ4n) is 3.26. The Morgan fingerprint density at radius 1 is 1.05 bits per heavy atom. The Kier molecular flexibility index (Phi) is 2.97. The van der Waals surface area contributed by atoms with Gasteiger partial charge in [0.15, 0.2) is 0 Å². The van der Waals surface area contributed by atoms with Crippen molar-refractivity contribution in [2.45, 2.75) is 18.3 Å². The number of nitrogens with zero attached hydrogens (tertiary/aromatic N) is 1. The highest BCUT2D eigenvalue weighted by Gasteiger charge is 2.60. The Labute approximate surface area is 117 Å². The second-order valence-electron chi connectivity index (χ2n) is 5.29. The van der Waals surface area contributed by atoms with Crippen molar-refractivity contribution in [3.8, 4) is 0 Å². The fourth-order valence-corrected chi connectivity index (χ4v) is 3.69. The SMILES string of the molecule is O=C1C2C3C=CC(CC3)C2C(=O)N1OS(=O)(=O)C(F)(F)F. The van der Waals surface area contributed by atoms with Crippen LogP contribution in [0.3, 0.4) is 0 Å². The molecule has 0 aromatic rings. The van der Waals surface area contributed by atoms with Gasteiger partial charge in [0.1, 0.15) is 0 Å². The van der Waals surface area contributed by atoms with Gasteiger partial charge >= 0.3 is 15.6 Å². The van der Waals surface area contributed by atoms with Crippen molar-refractivity contribution in [1.82, 2.24) is 5.06 Å². The van der Waals surface area contributed by atoms with Crippen LogP contribution in [0, 0.1) is 23.7 Å². The lowest BCUT2D eigenvalue weighted by atomic mass is 9.63. The summed E-state index contributed by atoms with van der Waals surface area (Å²) in [4.78, 5) is 24.1. The molecule has 116 valence electrons. The average molecular weight is 325 g/mol. The number of alkyl halides is 3. The molecule has 4 atom stereocenters. The largest absolute Gasteiger partial charge is 0.525 e. The van der Waals surface area contributed by atoms with Gasteiger partial charge < -0.3 is 0 Å². The van der Waals surface area contributed by atoms with E-state index in [0.29, 0.717) is 12.8 Å². The van der Waals surface area contributed by atoms with Gasteiger partial charge in [0.2, 0.25) is 0 Å². The molecule has 4 aliphatic rings. The summed E-state index contributed by atoms with van der Waals surface area (Å²) >= 11 is 0. The van der Waals surface area contributed by atoms with Gasteiger partial charge in [0, 0.05) is 0 Å². The summed E-state index contributed by atoms with van der Waals surface area (Å²) in [6, 6.07) is 0. The number of amides is 2. The number of rotatable bonds is 2. The fraction of sp³-hybridized carbons (Fsp3) is 0.636. The van der Waals surface area contributed by atoms with Gasteiger partial charge in [-0.25, -0.2) is 0 Å². The van der Waals surface area contributed by atoms with Crippen LogP contribution in [0.25, 0.3) is 0 Å². The lowest BCUT2D eigenvalue weighted by Gasteiger charge is -2.37. The minimum Gasteiger partial charge on any atom is -0.272 e. The molecule has 0 aromatic carbocycles. The van der Waals surface area contributed by atoms with Gasteiger partial charge in [-0.3, -0.25) is 9.59 Å². The van der Waals surface area contributed by atoms with E-state index in [1.165, 1.54) is 0 Å². The van der Waals surface area contributed by atoms with Crippen molar-refractivity contribution in [1.29, 1.82) is 0 Å². The van der Waals surface area contributed by atoms with Crippen LogP contribution in [-0.2, 0) is 24.0 Å². The first kappa shape index (κ1) is 14.5. The van der Waals surface area contributed by atoms with E-state index in [4.69, 9.17) is 0 Å². The van der Waals surface area contributed by atoms with E-state index in [2.05, 4.69) is 4.28 Å². The molecule has 1 aliphatic heterocycles. The molecule has 0 radical (unpaired) electrons. The normalized spacial score (nSPS) is 35.5. The summed E-state index contributed by atoms with van der Waals surface area (Å²) in [5, 5.41) is -0.226. The minimum atomic E-state index is -6.04. The molecule has 21 heavy (non-hydrogen) atoms. The molecule has 6 nitrogen and oxygen atoms in total. The quantitative estimate of drug-likeness (QED) is 0.429. The summed E-state index contributed by atoms with van der Waals surface area (Å²) in [6.45, 7) is 0. The van der Waals surface area contributed by atoms with E-state index in [1.807, 2.05) is 0 Å². The van der Waals surface area contributed by atoms with E-state index in [1.54, 1.807) is 12.2 Å². The molecule has 0 N–H and O–H groups in total. The number of hydrogen-bond acceptors (Lipinski definition) is 5. The minimum absolute atomic E-state index is 0.226. The predicted molar refractivity (Wildman–Crippen MR) is 60.2 cm³/mol. The number of imide groups is 1. The van der Waals surface area contributed by atoms with Crippen LogP contribution in [0.1, 0.15) is 12.8 Å². The molecule has 0 spiro atoms. The predicted octanol–water partition coefficient (Wildman–Crippen LogP) is 0.965. The highest BCUT2D eigenvalue weighted by atomic mass is 32.2. The standard InChI is InChI=1S/C11H10F3NO5S/c12-11(13,14)21(18,19)20-15-9(16)7-5-1-2-6(4-3-5)8(7)10(15)17/h1-2,5-8H,3-4H2. The molecule has 2 amide bonds. The molecule has 1 saturated heterocycles. The Hall–Kier alpha value is -1.42. The first-order valence-electron chi connectivity index (χ1n) is 6.20. The van der Waals surface area contributed by atoms with Gasteiger partial charge in [-0.15, -0.1) is 9.35 Å². The van der Waals surface area contributed by atoms with Crippen LogP contribution in [0.15, 0.2) is 12.2 Å². The number of halogens is 3. The Morgan fingerprint density at radius 2 is 1.48 bits per heavy atom. The van der Waals surface area contributed by atoms with Gasteiger partial charge in [-0.05, 0) is 24.7 Å². The molecule has 2 fully saturated rings. The summed E-state index contributed by atoms with van der Waals surface area (Å²) in [5.41, 5.74) is -5.70. The first-order valence-corrected chi connectivity index (χ1v) is 7.61. The third-order valence-corrected chi connectivity index (χ3v) is 5.09. The van der Waals surface area contributed by atoms with Gasteiger partial charge in [-0.1, -0.05) is 12.2 Å². The number of allylic oxidation sites excluding steroid dienone is 2. The third kappa shape index (κ3) is 2.00. The molecule has 4 unspecified atom stereocenters. The topological polar surface area (TPSA) is 80.8 Å². The third-order valence-electron chi connectivity index (χ3n) is 4.18. The highest BCUT2D eigenvalue weighted by Crippen LogP contribution is 2.50. The van der Waals surface area contributed by atoms with Crippen molar-refractivity contribution < 1.29 is 35.5 Å². The molecule has 3 aliphatic carbocycles. The zero-order valence-electron chi connectivity index (χ0n) is 10.4. The van der Waals surface area contributed by atoms with Crippen LogP contribution in [-0.4, -0.2) is 30.8 Å². The maximum absolute atomic E-state index is 12.3. The molecule has 4 rings (SSSR count). The molecule has 10 heteroatoms. The maximum Gasteiger partial charge on any atom is 0.525 e. The van der Waals surface area contributed by atoms with Gasteiger partial charge in [0.05, 0.1) is 11.8 Å². The summed E-state index contributed by atoms with van der Waals surface area (Å²) < 4.78 is 62.6.